The highest BCUT2D eigenvalue weighted by Gasteiger charge is 2.33. The van der Waals surface area contributed by atoms with Gasteiger partial charge in [0.1, 0.15) is 0 Å². The van der Waals surface area contributed by atoms with Crippen molar-refractivity contribution in [2.75, 3.05) is 0 Å². The average Bonchev–Trinajstić information content (AvgIpc) is 3.12. The zero-order valence-corrected chi connectivity index (χ0v) is 18.8. The fourth-order valence-electron chi connectivity index (χ4n) is 4.48. The summed E-state index contributed by atoms with van der Waals surface area (Å²) in [4.78, 5) is 41.5. The number of hydrogen-bond donors (Lipinski definition) is 2. The Morgan fingerprint density at radius 2 is 1.72 bits per heavy atom. The molecule has 5 aromatic rings. The predicted octanol–water partition coefficient (Wildman–Crippen LogP) is 4.71. The van der Waals surface area contributed by atoms with Crippen molar-refractivity contribution >= 4 is 27.8 Å². The molecule has 0 aliphatic carbocycles. The highest BCUT2D eigenvalue weighted by atomic mass is 19.4. The molecule has 3 aromatic carbocycles. The van der Waals surface area contributed by atoms with E-state index < -0.39 is 40.3 Å². The van der Waals surface area contributed by atoms with Gasteiger partial charge in [-0.05, 0) is 42.8 Å². The zero-order chi connectivity index (χ0) is 25.8. The maximum absolute atomic E-state index is 13.6. The lowest BCUT2D eigenvalue weighted by Gasteiger charge is -2.11. The summed E-state index contributed by atoms with van der Waals surface area (Å²) in [7, 11) is 0. The van der Waals surface area contributed by atoms with Crippen LogP contribution in [0.25, 0.3) is 27.5 Å². The molecule has 36 heavy (non-hydrogen) atoms. The number of alkyl halides is 3. The average molecular weight is 493 g/mol. The normalized spacial score (nSPS) is 11.9. The molecule has 5 rings (SSSR count). The minimum absolute atomic E-state index is 0.00852. The van der Waals surface area contributed by atoms with Gasteiger partial charge in [-0.25, -0.2) is 14.2 Å². The molecule has 0 bridgehead atoms. The molecule has 0 saturated heterocycles. The number of carbonyl (C=O) groups is 1. The molecular formula is C26H18F3N3O4. The van der Waals surface area contributed by atoms with Crippen LogP contribution >= 0.6 is 0 Å². The van der Waals surface area contributed by atoms with Gasteiger partial charge >= 0.3 is 17.8 Å². The third kappa shape index (κ3) is 3.76. The first-order chi connectivity index (χ1) is 17.1. The van der Waals surface area contributed by atoms with E-state index in [0.29, 0.717) is 10.1 Å². The van der Waals surface area contributed by atoms with Gasteiger partial charge in [0, 0.05) is 11.9 Å². The number of nitrogens with zero attached hydrogens (tertiary/aromatic N) is 2. The molecule has 0 radical (unpaired) electrons. The fourth-order valence-corrected chi connectivity index (χ4v) is 4.48. The number of hydrogen-bond acceptors (Lipinski definition) is 3. The van der Waals surface area contributed by atoms with Gasteiger partial charge in [-0.15, -0.1) is 0 Å². The summed E-state index contributed by atoms with van der Waals surface area (Å²) in [6.07, 6.45) is -4.73. The fraction of sp³-hybridized carbons (Fsp3) is 0.115. The molecule has 0 atom stereocenters. The third-order valence-electron chi connectivity index (χ3n) is 6.02. The van der Waals surface area contributed by atoms with Gasteiger partial charge in [0.15, 0.2) is 5.69 Å². The highest BCUT2D eigenvalue weighted by molar-refractivity contribution is 6.03. The molecule has 7 nitrogen and oxygen atoms in total. The second-order valence-electron chi connectivity index (χ2n) is 8.42. The van der Waals surface area contributed by atoms with E-state index in [0.717, 1.165) is 23.8 Å². The van der Waals surface area contributed by atoms with E-state index in [1.165, 1.54) is 16.7 Å². The Labute approximate surface area is 200 Å². The lowest BCUT2D eigenvalue weighted by molar-refractivity contribution is -0.137. The second kappa shape index (κ2) is 8.26. The molecule has 0 fully saturated rings. The van der Waals surface area contributed by atoms with Crippen LogP contribution in [0.3, 0.4) is 0 Å². The lowest BCUT2D eigenvalue weighted by atomic mass is 10.1. The van der Waals surface area contributed by atoms with E-state index in [4.69, 9.17) is 0 Å². The van der Waals surface area contributed by atoms with Crippen molar-refractivity contribution in [3.05, 3.63) is 110 Å². The first-order valence-electron chi connectivity index (χ1n) is 10.8. The number of carboxylic acids is 1. The Hall–Kier alpha value is -4.60. The Kier molecular flexibility index (Phi) is 5.31. The van der Waals surface area contributed by atoms with Crippen LogP contribution in [0.15, 0.2) is 76.3 Å². The number of H-pyrrole nitrogens is 1. The van der Waals surface area contributed by atoms with Crippen LogP contribution in [0, 0.1) is 6.92 Å². The van der Waals surface area contributed by atoms with E-state index in [-0.39, 0.29) is 28.4 Å². The SMILES string of the molecule is Cc1cccc(Cn2c(C(=O)O)c(-n3c(=O)[nH]c4ccccc4c3=O)c3cc(C(F)(F)F)ccc32)c1. The van der Waals surface area contributed by atoms with Gasteiger partial charge in [0.05, 0.1) is 27.7 Å². The summed E-state index contributed by atoms with van der Waals surface area (Å²) in [5.41, 5.74) is -1.79. The molecular weight excluding hydrogens is 475 g/mol. The number of benzene rings is 3. The van der Waals surface area contributed by atoms with E-state index in [9.17, 15) is 32.7 Å². The van der Waals surface area contributed by atoms with Crippen molar-refractivity contribution < 1.29 is 23.1 Å². The number of rotatable bonds is 4. The van der Waals surface area contributed by atoms with Crippen LogP contribution in [0.4, 0.5) is 13.2 Å². The van der Waals surface area contributed by atoms with Gasteiger partial charge in [-0.3, -0.25) is 4.79 Å². The summed E-state index contributed by atoms with van der Waals surface area (Å²) in [6, 6.07) is 16.1. The van der Waals surface area contributed by atoms with Crippen molar-refractivity contribution in [3.63, 3.8) is 0 Å². The molecule has 0 aliphatic rings. The molecule has 182 valence electrons. The number of aromatic carboxylic acids is 1. The third-order valence-corrected chi connectivity index (χ3v) is 6.02. The standard InChI is InChI=1S/C26H18F3N3O4/c1-14-5-4-6-15(11-14)13-31-20-10-9-16(26(27,28)29)12-18(20)21(22(31)24(34)35)32-23(33)17-7-2-3-8-19(17)30-25(32)36/h2-12H,13H2,1H3,(H,30,36)(H,34,35). The molecule has 0 saturated carbocycles. The molecule has 10 heteroatoms. The van der Waals surface area contributed by atoms with Gasteiger partial charge < -0.3 is 14.7 Å². The van der Waals surface area contributed by atoms with E-state index >= 15 is 0 Å². The van der Waals surface area contributed by atoms with Gasteiger partial charge in [-0.1, -0.05) is 42.0 Å². The Morgan fingerprint density at radius 3 is 2.42 bits per heavy atom. The number of halogens is 3. The van der Waals surface area contributed by atoms with Crippen molar-refractivity contribution in [1.82, 2.24) is 14.1 Å². The quantitative estimate of drug-likeness (QED) is 0.379. The summed E-state index contributed by atoms with van der Waals surface area (Å²) in [5, 5.41) is 10.1. The number of carboxylic acid groups (broad SMARTS) is 1. The Bertz CT molecular complexity index is 1800. The van der Waals surface area contributed by atoms with Gasteiger partial charge in [-0.2, -0.15) is 13.2 Å². The maximum Gasteiger partial charge on any atom is 0.416 e. The van der Waals surface area contributed by atoms with Gasteiger partial charge in [0.2, 0.25) is 0 Å². The molecule has 2 aromatic heterocycles. The number of para-hydroxylation sites is 1. The number of nitrogens with one attached hydrogen (secondary N) is 1. The van der Waals surface area contributed by atoms with Crippen LogP contribution in [-0.2, 0) is 12.7 Å². The highest BCUT2D eigenvalue weighted by Crippen LogP contribution is 2.36. The van der Waals surface area contributed by atoms with Crippen LogP contribution in [-0.4, -0.2) is 25.2 Å². The molecule has 0 spiro atoms. The number of aromatic amines is 1. The summed E-state index contributed by atoms with van der Waals surface area (Å²) in [6.45, 7) is 1.84. The van der Waals surface area contributed by atoms with Crippen molar-refractivity contribution in [2.45, 2.75) is 19.6 Å². The lowest BCUT2D eigenvalue weighted by Crippen LogP contribution is -2.34. The number of aromatic nitrogens is 3. The minimum atomic E-state index is -4.73. The van der Waals surface area contributed by atoms with Crippen LogP contribution < -0.4 is 11.2 Å². The molecule has 0 unspecified atom stereocenters. The molecule has 0 amide bonds. The number of fused-ring (bicyclic) bond motifs is 2. The van der Waals surface area contributed by atoms with E-state index in [2.05, 4.69) is 4.98 Å². The maximum atomic E-state index is 13.6. The van der Waals surface area contributed by atoms with Crippen LogP contribution in [0.2, 0.25) is 0 Å². The van der Waals surface area contributed by atoms with E-state index in [1.807, 2.05) is 19.1 Å². The predicted molar refractivity (Wildman–Crippen MR) is 128 cm³/mol. The first-order valence-corrected chi connectivity index (χ1v) is 10.8. The largest absolute Gasteiger partial charge is 0.477 e. The van der Waals surface area contributed by atoms with Crippen molar-refractivity contribution in [1.29, 1.82) is 0 Å². The van der Waals surface area contributed by atoms with Crippen LogP contribution in [0.5, 0.6) is 0 Å². The topological polar surface area (TPSA) is 97.1 Å². The Balaban J connectivity index is 1.93. The molecule has 2 N–H and O–H groups in total. The summed E-state index contributed by atoms with van der Waals surface area (Å²) in [5.74, 6) is -1.50. The minimum Gasteiger partial charge on any atom is -0.477 e. The monoisotopic (exact) mass is 493 g/mol. The summed E-state index contributed by atoms with van der Waals surface area (Å²) >= 11 is 0. The second-order valence-corrected chi connectivity index (χ2v) is 8.42. The number of aryl methyl sites for hydroxylation is 1. The van der Waals surface area contributed by atoms with Crippen LogP contribution in [0.1, 0.15) is 27.2 Å². The Morgan fingerprint density at radius 1 is 0.972 bits per heavy atom. The van der Waals surface area contributed by atoms with Crippen molar-refractivity contribution in [3.8, 4) is 5.69 Å². The smallest absolute Gasteiger partial charge is 0.416 e. The first kappa shape index (κ1) is 23.2. The van der Waals surface area contributed by atoms with Gasteiger partial charge in [0.25, 0.3) is 5.56 Å². The zero-order valence-electron chi connectivity index (χ0n) is 18.8. The molecule has 2 heterocycles. The summed E-state index contributed by atoms with van der Waals surface area (Å²) < 4.78 is 42.8. The molecule has 0 aliphatic heterocycles. The van der Waals surface area contributed by atoms with Crippen molar-refractivity contribution in [2.24, 2.45) is 0 Å². The van der Waals surface area contributed by atoms with E-state index in [1.54, 1.807) is 24.3 Å².